The van der Waals surface area contributed by atoms with Crippen molar-refractivity contribution in [3.05, 3.63) is 29.3 Å². The summed E-state index contributed by atoms with van der Waals surface area (Å²) in [6.45, 7) is 7.48. The highest BCUT2D eigenvalue weighted by Crippen LogP contribution is 2.27. The molecular formula is C13H17FN2O. The number of aryl methyl sites for hydroxylation is 1. The molecule has 1 atom stereocenters. The van der Waals surface area contributed by atoms with Crippen molar-refractivity contribution in [2.75, 3.05) is 0 Å². The zero-order chi connectivity index (χ0) is 12.7. The summed E-state index contributed by atoms with van der Waals surface area (Å²) in [4.78, 5) is 4.21. The minimum atomic E-state index is -0.704. The number of nitrogens with zero attached hydrogens (tertiary/aromatic N) is 2. The summed E-state index contributed by atoms with van der Waals surface area (Å²) in [7, 11) is 0. The lowest BCUT2D eigenvalue weighted by molar-refractivity contribution is 0.182. The van der Waals surface area contributed by atoms with Crippen LogP contribution >= 0.6 is 0 Å². The van der Waals surface area contributed by atoms with Crippen molar-refractivity contribution in [1.29, 1.82) is 0 Å². The number of halogens is 1. The van der Waals surface area contributed by atoms with Gasteiger partial charge in [0, 0.05) is 6.04 Å². The summed E-state index contributed by atoms with van der Waals surface area (Å²) < 4.78 is 15.7. The smallest absolute Gasteiger partial charge is 0.151 e. The Hall–Kier alpha value is -1.42. The number of fused-ring (bicyclic) bond motifs is 1. The van der Waals surface area contributed by atoms with Crippen LogP contribution in [0.1, 0.15) is 44.3 Å². The van der Waals surface area contributed by atoms with E-state index in [9.17, 15) is 9.50 Å². The number of hydrogen-bond acceptors (Lipinski definition) is 2. The highest BCUT2D eigenvalue weighted by atomic mass is 19.1. The molecule has 0 radical (unpaired) electrons. The highest BCUT2D eigenvalue weighted by molar-refractivity contribution is 5.78. The predicted octanol–water partition coefficient (Wildman–Crippen LogP) is 3.12. The maximum Gasteiger partial charge on any atom is 0.151 e. The molecule has 2 rings (SSSR count). The predicted molar refractivity (Wildman–Crippen MR) is 65.4 cm³/mol. The number of imidazole rings is 1. The largest absolute Gasteiger partial charge is 0.385 e. The Morgan fingerprint density at radius 3 is 2.47 bits per heavy atom. The molecule has 0 spiro atoms. The van der Waals surface area contributed by atoms with Gasteiger partial charge in [-0.25, -0.2) is 9.37 Å². The van der Waals surface area contributed by atoms with Gasteiger partial charge in [0.15, 0.2) is 5.82 Å². The van der Waals surface area contributed by atoms with Crippen LogP contribution in [0.2, 0.25) is 0 Å². The monoisotopic (exact) mass is 236 g/mol. The quantitative estimate of drug-likeness (QED) is 0.870. The van der Waals surface area contributed by atoms with Crippen LogP contribution in [-0.2, 0) is 0 Å². The number of aliphatic hydroxyl groups is 1. The second-order valence-corrected chi connectivity index (χ2v) is 4.72. The van der Waals surface area contributed by atoms with E-state index >= 15 is 0 Å². The van der Waals surface area contributed by atoms with Crippen molar-refractivity contribution >= 4 is 11.0 Å². The minimum Gasteiger partial charge on any atom is -0.385 e. The van der Waals surface area contributed by atoms with Gasteiger partial charge in [0.1, 0.15) is 17.4 Å². The number of benzene rings is 1. The molecule has 0 unspecified atom stereocenters. The zero-order valence-corrected chi connectivity index (χ0v) is 10.5. The first-order valence-corrected chi connectivity index (χ1v) is 5.78. The first-order valence-electron chi connectivity index (χ1n) is 5.78. The normalized spacial score (nSPS) is 13.6. The van der Waals surface area contributed by atoms with E-state index in [0.29, 0.717) is 11.3 Å². The third-order valence-electron chi connectivity index (χ3n) is 2.81. The summed E-state index contributed by atoms with van der Waals surface area (Å²) in [6.07, 6.45) is -0.704. The van der Waals surface area contributed by atoms with Crippen molar-refractivity contribution in [2.45, 2.75) is 39.8 Å². The average molecular weight is 236 g/mol. The van der Waals surface area contributed by atoms with Crippen LogP contribution < -0.4 is 0 Å². The fourth-order valence-electron chi connectivity index (χ4n) is 2.14. The molecule has 0 saturated carbocycles. The Morgan fingerprint density at radius 2 is 1.94 bits per heavy atom. The standard InChI is InChI=1S/C13H17FN2O/c1-7(2)16-11-6-8(3)5-10(14)12(11)15-13(16)9(4)17/h5-7,9,17H,1-4H3/t9-/m1/s1. The van der Waals surface area contributed by atoms with E-state index in [4.69, 9.17) is 0 Å². The lowest BCUT2D eigenvalue weighted by Crippen LogP contribution is -2.08. The van der Waals surface area contributed by atoms with Gasteiger partial charge in [-0.3, -0.25) is 0 Å². The molecule has 0 bridgehead atoms. The minimum absolute atomic E-state index is 0.130. The number of rotatable bonds is 2. The van der Waals surface area contributed by atoms with Crippen LogP contribution in [0.25, 0.3) is 11.0 Å². The Morgan fingerprint density at radius 1 is 1.29 bits per heavy atom. The Kier molecular flexibility index (Phi) is 2.91. The molecule has 0 aliphatic carbocycles. The molecule has 1 aromatic carbocycles. The summed E-state index contributed by atoms with van der Waals surface area (Å²) in [5.74, 6) is 0.181. The van der Waals surface area contributed by atoms with E-state index in [1.54, 1.807) is 6.92 Å². The van der Waals surface area contributed by atoms with E-state index in [1.165, 1.54) is 6.07 Å². The van der Waals surface area contributed by atoms with Gasteiger partial charge in [0.2, 0.25) is 0 Å². The Balaban J connectivity index is 2.85. The van der Waals surface area contributed by atoms with Gasteiger partial charge in [0.05, 0.1) is 5.52 Å². The van der Waals surface area contributed by atoms with Crippen LogP contribution in [-0.4, -0.2) is 14.7 Å². The molecule has 4 heteroatoms. The van der Waals surface area contributed by atoms with Crippen molar-refractivity contribution in [1.82, 2.24) is 9.55 Å². The molecule has 0 amide bonds. The maximum atomic E-state index is 13.8. The first-order chi connectivity index (χ1) is 7.91. The fourth-order valence-corrected chi connectivity index (χ4v) is 2.14. The molecule has 0 aliphatic rings. The third kappa shape index (κ3) is 1.93. The van der Waals surface area contributed by atoms with Gasteiger partial charge in [0.25, 0.3) is 0 Å². The van der Waals surface area contributed by atoms with E-state index in [0.717, 1.165) is 11.1 Å². The SMILES string of the molecule is Cc1cc(F)c2nc([C@@H](C)O)n(C(C)C)c2c1. The van der Waals surface area contributed by atoms with Gasteiger partial charge in [-0.15, -0.1) is 0 Å². The lowest BCUT2D eigenvalue weighted by Gasteiger charge is -2.14. The second-order valence-electron chi connectivity index (χ2n) is 4.72. The fraction of sp³-hybridized carbons (Fsp3) is 0.462. The number of aliphatic hydroxyl groups excluding tert-OH is 1. The molecule has 17 heavy (non-hydrogen) atoms. The lowest BCUT2D eigenvalue weighted by atomic mass is 10.2. The highest BCUT2D eigenvalue weighted by Gasteiger charge is 2.19. The zero-order valence-electron chi connectivity index (χ0n) is 10.5. The van der Waals surface area contributed by atoms with E-state index in [-0.39, 0.29) is 11.9 Å². The van der Waals surface area contributed by atoms with Crippen LogP contribution in [0.15, 0.2) is 12.1 Å². The summed E-state index contributed by atoms with van der Waals surface area (Å²) >= 11 is 0. The van der Waals surface area contributed by atoms with E-state index in [1.807, 2.05) is 31.4 Å². The summed E-state index contributed by atoms with van der Waals surface area (Å²) in [5.41, 5.74) is 1.93. The Labute approximate surface area is 99.9 Å². The molecule has 3 nitrogen and oxygen atoms in total. The van der Waals surface area contributed by atoms with Crippen LogP contribution in [0.4, 0.5) is 4.39 Å². The molecule has 0 saturated heterocycles. The molecule has 2 aromatic rings. The molecule has 1 aromatic heterocycles. The van der Waals surface area contributed by atoms with Gasteiger partial charge >= 0.3 is 0 Å². The molecule has 92 valence electrons. The van der Waals surface area contributed by atoms with E-state index in [2.05, 4.69) is 4.98 Å². The Bertz CT molecular complexity index is 558. The van der Waals surface area contributed by atoms with Crippen LogP contribution in [0, 0.1) is 12.7 Å². The molecule has 0 fully saturated rings. The van der Waals surface area contributed by atoms with Crippen LogP contribution in [0.3, 0.4) is 0 Å². The van der Waals surface area contributed by atoms with Crippen LogP contribution in [0.5, 0.6) is 0 Å². The number of hydrogen-bond donors (Lipinski definition) is 1. The van der Waals surface area contributed by atoms with Crippen molar-refractivity contribution in [3.8, 4) is 0 Å². The van der Waals surface area contributed by atoms with Crippen molar-refractivity contribution in [2.24, 2.45) is 0 Å². The van der Waals surface area contributed by atoms with Gasteiger partial charge in [-0.2, -0.15) is 0 Å². The average Bonchev–Trinajstić information content (AvgIpc) is 2.56. The third-order valence-corrected chi connectivity index (χ3v) is 2.81. The first kappa shape index (κ1) is 12.0. The second kappa shape index (κ2) is 4.11. The van der Waals surface area contributed by atoms with E-state index < -0.39 is 6.10 Å². The summed E-state index contributed by atoms with van der Waals surface area (Å²) in [6, 6.07) is 3.49. The summed E-state index contributed by atoms with van der Waals surface area (Å²) in [5, 5.41) is 9.71. The molecule has 1 N–H and O–H groups in total. The maximum absolute atomic E-state index is 13.8. The molecular weight excluding hydrogens is 219 g/mol. The molecule has 0 aliphatic heterocycles. The number of aromatic nitrogens is 2. The van der Waals surface area contributed by atoms with Crippen molar-refractivity contribution in [3.63, 3.8) is 0 Å². The van der Waals surface area contributed by atoms with Crippen molar-refractivity contribution < 1.29 is 9.50 Å². The van der Waals surface area contributed by atoms with Gasteiger partial charge in [-0.05, 0) is 45.4 Å². The topological polar surface area (TPSA) is 38.1 Å². The van der Waals surface area contributed by atoms with Gasteiger partial charge < -0.3 is 9.67 Å². The van der Waals surface area contributed by atoms with Gasteiger partial charge in [-0.1, -0.05) is 0 Å². The molecule has 1 heterocycles.